The monoisotopic (exact) mass is 413 g/mol. The van der Waals surface area contributed by atoms with E-state index in [1.54, 1.807) is 0 Å². The van der Waals surface area contributed by atoms with Crippen molar-refractivity contribution in [3.63, 3.8) is 0 Å². The molecule has 0 spiro atoms. The molecule has 1 saturated heterocycles. The zero-order chi connectivity index (χ0) is 20.1. The Morgan fingerprint density at radius 3 is 2.62 bits per heavy atom. The SMILES string of the molecule is O=C(NCC(c1ccccc1Cl)N1CCOCC1)C1=NOC(c2ccccc2)C1. The van der Waals surface area contributed by atoms with Crippen LogP contribution in [-0.2, 0) is 14.4 Å². The second kappa shape index (κ2) is 9.39. The van der Waals surface area contributed by atoms with Gasteiger partial charge in [-0.25, -0.2) is 0 Å². The zero-order valence-electron chi connectivity index (χ0n) is 16.1. The van der Waals surface area contributed by atoms with Crippen LogP contribution < -0.4 is 5.32 Å². The third-order valence-corrected chi connectivity index (χ3v) is 5.65. The van der Waals surface area contributed by atoms with E-state index < -0.39 is 0 Å². The number of nitrogens with zero attached hydrogens (tertiary/aromatic N) is 2. The van der Waals surface area contributed by atoms with Crippen LogP contribution in [0.2, 0.25) is 5.02 Å². The van der Waals surface area contributed by atoms with Gasteiger partial charge < -0.3 is 14.9 Å². The van der Waals surface area contributed by atoms with Gasteiger partial charge in [-0.2, -0.15) is 0 Å². The molecule has 0 saturated carbocycles. The number of halogens is 1. The fourth-order valence-electron chi connectivity index (χ4n) is 3.72. The molecule has 152 valence electrons. The van der Waals surface area contributed by atoms with Crippen molar-refractivity contribution in [3.8, 4) is 0 Å². The van der Waals surface area contributed by atoms with Crippen LogP contribution in [0.15, 0.2) is 59.8 Å². The van der Waals surface area contributed by atoms with Gasteiger partial charge >= 0.3 is 0 Å². The highest BCUT2D eigenvalue weighted by Gasteiger charge is 2.29. The topological polar surface area (TPSA) is 63.2 Å². The molecule has 2 aliphatic heterocycles. The largest absolute Gasteiger partial charge is 0.387 e. The van der Waals surface area contributed by atoms with E-state index in [0.29, 0.717) is 36.9 Å². The van der Waals surface area contributed by atoms with Gasteiger partial charge in [0.15, 0.2) is 6.10 Å². The Hall–Kier alpha value is -2.41. The fraction of sp³-hybridized carbons (Fsp3) is 0.364. The molecular formula is C22H24ClN3O3. The number of oxime groups is 1. The fourth-order valence-corrected chi connectivity index (χ4v) is 3.98. The predicted octanol–water partition coefficient (Wildman–Crippen LogP) is 3.35. The summed E-state index contributed by atoms with van der Waals surface area (Å²) in [6.07, 6.45) is 0.250. The maximum absolute atomic E-state index is 12.7. The molecular weight excluding hydrogens is 390 g/mol. The second-order valence-corrected chi connectivity index (χ2v) is 7.55. The number of carbonyl (C=O) groups is 1. The van der Waals surface area contributed by atoms with Crippen molar-refractivity contribution in [1.29, 1.82) is 0 Å². The molecule has 0 aromatic heterocycles. The maximum atomic E-state index is 12.7. The minimum Gasteiger partial charge on any atom is -0.387 e. The Morgan fingerprint density at radius 1 is 1.14 bits per heavy atom. The lowest BCUT2D eigenvalue weighted by atomic mass is 10.0. The first-order valence-electron chi connectivity index (χ1n) is 9.84. The van der Waals surface area contributed by atoms with E-state index in [1.165, 1.54) is 0 Å². The molecule has 1 amide bonds. The first-order valence-corrected chi connectivity index (χ1v) is 10.2. The van der Waals surface area contributed by atoms with Gasteiger partial charge in [-0.15, -0.1) is 0 Å². The summed E-state index contributed by atoms with van der Waals surface area (Å²) in [6, 6.07) is 17.6. The highest BCUT2D eigenvalue weighted by molar-refractivity contribution is 6.39. The number of nitrogens with one attached hydrogen (secondary N) is 1. The number of rotatable bonds is 6. The molecule has 0 radical (unpaired) electrons. The molecule has 29 heavy (non-hydrogen) atoms. The standard InChI is InChI=1S/C22H24ClN3O3/c23-18-9-5-4-8-17(18)20(26-10-12-28-13-11-26)15-24-22(27)19-14-21(29-25-19)16-6-2-1-3-7-16/h1-9,20-21H,10-15H2,(H,24,27). The summed E-state index contributed by atoms with van der Waals surface area (Å²) in [6.45, 7) is 3.39. The van der Waals surface area contributed by atoms with E-state index in [1.807, 2.05) is 54.6 Å². The quantitative estimate of drug-likeness (QED) is 0.788. The van der Waals surface area contributed by atoms with Crippen LogP contribution in [-0.4, -0.2) is 49.4 Å². The molecule has 2 aromatic rings. The maximum Gasteiger partial charge on any atom is 0.269 e. The Morgan fingerprint density at radius 2 is 1.86 bits per heavy atom. The van der Waals surface area contributed by atoms with Crippen molar-refractivity contribution in [3.05, 3.63) is 70.7 Å². The van der Waals surface area contributed by atoms with E-state index in [9.17, 15) is 4.79 Å². The second-order valence-electron chi connectivity index (χ2n) is 7.14. The summed E-state index contributed by atoms with van der Waals surface area (Å²) >= 11 is 6.45. The van der Waals surface area contributed by atoms with Gasteiger partial charge in [0, 0.05) is 31.1 Å². The Balaban J connectivity index is 1.41. The predicted molar refractivity (Wildman–Crippen MR) is 112 cm³/mol. The summed E-state index contributed by atoms with van der Waals surface area (Å²) in [5.41, 5.74) is 2.43. The number of hydrogen-bond acceptors (Lipinski definition) is 5. The van der Waals surface area contributed by atoms with Crippen LogP contribution in [0.1, 0.15) is 29.7 Å². The van der Waals surface area contributed by atoms with E-state index in [-0.39, 0.29) is 18.1 Å². The third-order valence-electron chi connectivity index (χ3n) is 5.31. The minimum absolute atomic E-state index is 0.0237. The molecule has 2 aromatic carbocycles. The Kier molecular flexibility index (Phi) is 6.44. The first-order chi connectivity index (χ1) is 14.2. The average Bonchev–Trinajstić information content (AvgIpc) is 3.27. The minimum atomic E-state index is -0.212. The lowest BCUT2D eigenvalue weighted by Crippen LogP contribution is -2.44. The molecule has 6 nitrogen and oxygen atoms in total. The number of benzene rings is 2. The van der Waals surface area contributed by atoms with E-state index in [2.05, 4.69) is 15.4 Å². The number of amides is 1. The van der Waals surface area contributed by atoms with Crippen LogP contribution in [0, 0.1) is 0 Å². The molecule has 2 aliphatic rings. The molecule has 7 heteroatoms. The Bertz CT molecular complexity index is 869. The van der Waals surface area contributed by atoms with Crippen molar-refractivity contribution in [1.82, 2.24) is 10.2 Å². The van der Waals surface area contributed by atoms with Gasteiger partial charge in [-0.1, -0.05) is 65.3 Å². The van der Waals surface area contributed by atoms with Crippen molar-refractivity contribution in [2.75, 3.05) is 32.8 Å². The molecule has 0 bridgehead atoms. The summed E-state index contributed by atoms with van der Waals surface area (Å²) < 4.78 is 5.48. The van der Waals surface area contributed by atoms with Gasteiger partial charge in [0.05, 0.1) is 19.3 Å². The van der Waals surface area contributed by atoms with Crippen LogP contribution >= 0.6 is 11.6 Å². The van der Waals surface area contributed by atoms with Gasteiger partial charge in [0.2, 0.25) is 0 Å². The van der Waals surface area contributed by atoms with Crippen molar-refractivity contribution in [2.24, 2.45) is 5.16 Å². The first kappa shape index (κ1) is 19.9. The van der Waals surface area contributed by atoms with E-state index in [4.69, 9.17) is 21.2 Å². The summed E-state index contributed by atoms with van der Waals surface area (Å²) in [7, 11) is 0. The highest BCUT2D eigenvalue weighted by atomic mass is 35.5. The normalized spacial score (nSPS) is 20.6. The van der Waals surface area contributed by atoms with Crippen molar-refractivity contribution >= 4 is 23.2 Å². The molecule has 2 atom stereocenters. The van der Waals surface area contributed by atoms with Gasteiger partial charge in [0.1, 0.15) is 5.71 Å². The van der Waals surface area contributed by atoms with Gasteiger partial charge in [-0.3, -0.25) is 9.69 Å². The number of hydrogen-bond donors (Lipinski definition) is 1. The third kappa shape index (κ3) is 4.78. The van der Waals surface area contributed by atoms with Crippen LogP contribution in [0.3, 0.4) is 0 Å². The summed E-state index contributed by atoms with van der Waals surface area (Å²) in [5.74, 6) is -0.200. The number of morpholine rings is 1. The average molecular weight is 414 g/mol. The molecule has 4 rings (SSSR count). The molecule has 1 N–H and O–H groups in total. The lowest BCUT2D eigenvalue weighted by molar-refractivity contribution is -0.115. The Labute approximate surface area is 175 Å². The molecule has 2 unspecified atom stereocenters. The van der Waals surface area contributed by atoms with Crippen molar-refractivity contribution in [2.45, 2.75) is 18.6 Å². The summed E-state index contributed by atoms with van der Waals surface area (Å²) in [4.78, 5) is 20.5. The van der Waals surface area contributed by atoms with Gasteiger partial charge in [0.25, 0.3) is 5.91 Å². The van der Waals surface area contributed by atoms with Crippen LogP contribution in [0.4, 0.5) is 0 Å². The molecule has 1 fully saturated rings. The van der Waals surface area contributed by atoms with Gasteiger partial charge in [-0.05, 0) is 17.2 Å². The number of carbonyl (C=O) groups excluding carboxylic acids is 1. The summed E-state index contributed by atoms with van der Waals surface area (Å²) in [5, 5.41) is 7.75. The molecule has 2 heterocycles. The number of ether oxygens (including phenoxy) is 1. The lowest BCUT2D eigenvalue weighted by Gasteiger charge is -2.35. The van der Waals surface area contributed by atoms with E-state index >= 15 is 0 Å². The van der Waals surface area contributed by atoms with Crippen molar-refractivity contribution < 1.29 is 14.4 Å². The smallest absolute Gasteiger partial charge is 0.269 e. The van der Waals surface area contributed by atoms with Crippen LogP contribution in [0.25, 0.3) is 0 Å². The van der Waals surface area contributed by atoms with E-state index in [0.717, 1.165) is 24.2 Å². The van der Waals surface area contributed by atoms with Crippen LogP contribution in [0.5, 0.6) is 0 Å². The molecule has 0 aliphatic carbocycles. The zero-order valence-corrected chi connectivity index (χ0v) is 16.8. The highest BCUT2D eigenvalue weighted by Crippen LogP contribution is 2.29.